The molecule has 0 aliphatic carbocycles. The van der Waals surface area contributed by atoms with Crippen molar-refractivity contribution in [3.8, 4) is 22.6 Å². The number of carboxylic acid groups (broad SMARTS) is 1. The number of rotatable bonds is 14. The predicted molar refractivity (Wildman–Crippen MR) is 168 cm³/mol. The Morgan fingerprint density at radius 3 is 2.05 bits per heavy atom. The molecule has 4 aromatic rings. The number of methoxy groups -OCH3 is 2. The Bertz CT molecular complexity index is 1610. The fraction of sp³-hybridized carbons (Fsp3) is 0.212. The molecule has 230 valence electrons. The first kappa shape index (κ1) is 32.3. The molecule has 0 spiro atoms. The average Bonchev–Trinajstić information content (AvgIpc) is 3.02. The van der Waals surface area contributed by atoms with Crippen LogP contribution < -0.4 is 19.7 Å². The number of benzene rings is 4. The summed E-state index contributed by atoms with van der Waals surface area (Å²) in [5.74, 6) is -2.50. The van der Waals surface area contributed by atoms with Crippen molar-refractivity contribution in [3.05, 3.63) is 114 Å². The van der Waals surface area contributed by atoms with Gasteiger partial charge in [0.2, 0.25) is 5.91 Å². The monoisotopic (exact) mass is 618 g/mol. The van der Waals surface area contributed by atoms with Gasteiger partial charge in [0, 0.05) is 24.7 Å². The maximum atomic E-state index is 13.9. The van der Waals surface area contributed by atoms with Crippen molar-refractivity contribution in [2.75, 3.05) is 25.7 Å². The topological polar surface area (TPSA) is 146 Å². The molecule has 1 unspecified atom stereocenters. The summed E-state index contributed by atoms with van der Waals surface area (Å²) in [7, 11) is -2.09. The van der Waals surface area contributed by atoms with Gasteiger partial charge in [0.25, 0.3) is 0 Å². The average molecular weight is 619 g/mol. The molecule has 0 aliphatic rings. The summed E-state index contributed by atoms with van der Waals surface area (Å²) in [4.78, 5) is 48.2. The minimum Gasteiger partial charge on any atom is -0.497 e. The SMILES string of the molecule is COc1cccc(C(N(c2cccc(OC)c2)[C@@H](Cc2ccc(-c3ccccc3)cc2)C(=O)NCCC(=O)O)P(=O)(O)O)c1. The van der Waals surface area contributed by atoms with Gasteiger partial charge < -0.3 is 34.6 Å². The number of nitrogens with zero attached hydrogens (tertiary/aromatic N) is 1. The molecule has 11 heteroatoms. The Hall–Kier alpha value is -4.63. The number of hydrogen-bond acceptors (Lipinski definition) is 6. The molecular weight excluding hydrogens is 583 g/mol. The van der Waals surface area contributed by atoms with E-state index in [9.17, 15) is 23.9 Å². The number of anilines is 1. The summed E-state index contributed by atoms with van der Waals surface area (Å²) < 4.78 is 24.1. The normalized spacial score (nSPS) is 12.5. The molecule has 4 N–H and O–H groups in total. The quantitative estimate of drug-likeness (QED) is 0.139. The summed E-state index contributed by atoms with van der Waals surface area (Å²) in [5.41, 5.74) is 3.25. The summed E-state index contributed by atoms with van der Waals surface area (Å²) >= 11 is 0. The van der Waals surface area contributed by atoms with E-state index in [1.54, 1.807) is 42.5 Å². The van der Waals surface area contributed by atoms with Crippen molar-refractivity contribution in [1.82, 2.24) is 5.32 Å². The van der Waals surface area contributed by atoms with Crippen LogP contribution in [0.2, 0.25) is 0 Å². The van der Waals surface area contributed by atoms with Crippen LogP contribution in [0, 0.1) is 0 Å². The highest BCUT2D eigenvalue weighted by atomic mass is 31.2. The van der Waals surface area contributed by atoms with Crippen molar-refractivity contribution < 1.29 is 38.5 Å². The highest BCUT2D eigenvalue weighted by molar-refractivity contribution is 7.52. The first-order chi connectivity index (χ1) is 21.1. The van der Waals surface area contributed by atoms with E-state index in [0.29, 0.717) is 17.2 Å². The van der Waals surface area contributed by atoms with E-state index < -0.39 is 31.3 Å². The Morgan fingerprint density at radius 1 is 0.818 bits per heavy atom. The minimum atomic E-state index is -5.01. The lowest BCUT2D eigenvalue weighted by atomic mass is 9.98. The molecule has 0 bridgehead atoms. The van der Waals surface area contributed by atoms with Crippen LogP contribution in [-0.4, -0.2) is 53.6 Å². The predicted octanol–water partition coefficient (Wildman–Crippen LogP) is 5.26. The molecule has 10 nitrogen and oxygen atoms in total. The van der Waals surface area contributed by atoms with E-state index in [0.717, 1.165) is 16.7 Å². The number of amides is 1. The first-order valence-corrected chi connectivity index (χ1v) is 15.5. The van der Waals surface area contributed by atoms with Crippen molar-refractivity contribution in [1.29, 1.82) is 0 Å². The number of carbonyl (C=O) groups excluding carboxylic acids is 1. The van der Waals surface area contributed by atoms with Gasteiger partial charge in [0.05, 0.1) is 20.6 Å². The van der Waals surface area contributed by atoms with Gasteiger partial charge in [-0.15, -0.1) is 0 Å². The van der Waals surface area contributed by atoms with Gasteiger partial charge in [-0.3, -0.25) is 14.2 Å². The highest BCUT2D eigenvalue weighted by Gasteiger charge is 2.42. The maximum Gasteiger partial charge on any atom is 0.352 e. The van der Waals surface area contributed by atoms with Gasteiger partial charge in [0.15, 0.2) is 5.78 Å². The Morgan fingerprint density at radius 2 is 1.43 bits per heavy atom. The van der Waals surface area contributed by atoms with Crippen LogP contribution in [0.4, 0.5) is 5.69 Å². The summed E-state index contributed by atoms with van der Waals surface area (Å²) in [6.45, 7) is -0.163. The van der Waals surface area contributed by atoms with Crippen molar-refractivity contribution in [2.45, 2.75) is 24.7 Å². The fourth-order valence-corrected chi connectivity index (χ4v) is 6.16. The van der Waals surface area contributed by atoms with Gasteiger partial charge in [0.1, 0.15) is 17.5 Å². The van der Waals surface area contributed by atoms with Gasteiger partial charge in [-0.1, -0.05) is 72.8 Å². The lowest BCUT2D eigenvalue weighted by Crippen LogP contribution is -2.50. The maximum absolute atomic E-state index is 13.9. The summed E-state index contributed by atoms with van der Waals surface area (Å²) in [6, 6.07) is 29.1. The van der Waals surface area contributed by atoms with Crippen LogP contribution in [0.5, 0.6) is 11.5 Å². The van der Waals surface area contributed by atoms with Gasteiger partial charge in [-0.25, -0.2) is 0 Å². The Kier molecular flexibility index (Phi) is 10.8. The van der Waals surface area contributed by atoms with E-state index in [1.807, 2.05) is 54.6 Å². The molecule has 4 rings (SSSR count). The Balaban J connectivity index is 1.86. The smallest absolute Gasteiger partial charge is 0.352 e. The van der Waals surface area contributed by atoms with E-state index >= 15 is 0 Å². The van der Waals surface area contributed by atoms with Crippen LogP contribution in [0.1, 0.15) is 23.3 Å². The van der Waals surface area contributed by atoms with Crippen LogP contribution in [-0.2, 0) is 20.6 Å². The second kappa shape index (κ2) is 14.7. The first-order valence-electron chi connectivity index (χ1n) is 13.9. The summed E-state index contributed by atoms with van der Waals surface area (Å²) in [6.07, 6.45) is -0.271. The summed E-state index contributed by atoms with van der Waals surface area (Å²) in [5, 5.41) is 11.8. The van der Waals surface area contributed by atoms with Gasteiger partial charge in [-0.05, 0) is 46.5 Å². The van der Waals surface area contributed by atoms with Gasteiger partial charge >= 0.3 is 13.6 Å². The van der Waals surface area contributed by atoms with Gasteiger partial charge in [-0.2, -0.15) is 0 Å². The number of ether oxygens (including phenoxy) is 2. The van der Waals surface area contributed by atoms with Crippen molar-refractivity contribution in [2.24, 2.45) is 0 Å². The lowest BCUT2D eigenvalue weighted by Gasteiger charge is -2.40. The molecule has 0 radical (unpaired) electrons. The van der Waals surface area contributed by atoms with E-state index in [4.69, 9.17) is 14.6 Å². The number of carbonyl (C=O) groups is 2. The zero-order valence-electron chi connectivity index (χ0n) is 24.4. The molecule has 0 aliphatic heterocycles. The lowest BCUT2D eigenvalue weighted by molar-refractivity contribution is -0.136. The second-order valence-electron chi connectivity index (χ2n) is 10.1. The third-order valence-corrected chi connectivity index (χ3v) is 8.28. The Labute approximate surface area is 256 Å². The van der Waals surface area contributed by atoms with E-state index in [-0.39, 0.29) is 24.9 Å². The molecule has 0 heterocycles. The van der Waals surface area contributed by atoms with Crippen molar-refractivity contribution >= 4 is 25.2 Å². The zero-order valence-corrected chi connectivity index (χ0v) is 25.3. The molecule has 0 fully saturated rings. The minimum absolute atomic E-state index is 0.0473. The molecule has 0 saturated carbocycles. The van der Waals surface area contributed by atoms with Crippen molar-refractivity contribution in [3.63, 3.8) is 0 Å². The third-order valence-electron chi connectivity index (χ3n) is 7.09. The fourth-order valence-electron chi connectivity index (χ4n) is 5.00. The molecule has 4 aromatic carbocycles. The number of aliphatic carboxylic acids is 1. The van der Waals surface area contributed by atoms with Crippen LogP contribution in [0.15, 0.2) is 103 Å². The van der Waals surface area contributed by atoms with Crippen LogP contribution >= 0.6 is 7.60 Å². The highest BCUT2D eigenvalue weighted by Crippen LogP contribution is 2.56. The second-order valence-corrected chi connectivity index (χ2v) is 11.7. The molecule has 0 saturated heterocycles. The third kappa shape index (κ3) is 8.26. The van der Waals surface area contributed by atoms with E-state index in [2.05, 4.69) is 5.32 Å². The molecule has 44 heavy (non-hydrogen) atoms. The largest absolute Gasteiger partial charge is 0.497 e. The van der Waals surface area contributed by atoms with Crippen LogP contribution in [0.3, 0.4) is 0 Å². The van der Waals surface area contributed by atoms with E-state index in [1.165, 1.54) is 25.2 Å². The molecule has 2 atom stereocenters. The zero-order chi connectivity index (χ0) is 31.7. The molecule has 0 aromatic heterocycles. The molecule has 1 amide bonds. The van der Waals surface area contributed by atoms with Crippen LogP contribution in [0.25, 0.3) is 11.1 Å². The number of nitrogens with one attached hydrogen (secondary N) is 1. The standard InChI is InChI=1S/C33H35N2O8P/c1-42-28-12-6-10-26(21-28)33(44(39,40)41)35(27-11-7-13-29(22-27)43-2)30(32(38)34-19-18-31(36)37)20-23-14-16-25(17-15-23)24-8-4-3-5-9-24/h3-17,21-22,30,33H,18-20H2,1-2H3,(H,34,38)(H,36,37)(H2,39,40,41)/t30-,33?/m0/s1. The molecular formula is C33H35N2O8P. The number of carboxylic acids is 1. The number of hydrogen-bond donors (Lipinski definition) is 4.